The van der Waals surface area contributed by atoms with E-state index in [2.05, 4.69) is 5.32 Å². The number of nitrogens with one attached hydrogen (secondary N) is 1. The number of rotatable bonds is 8. The summed E-state index contributed by atoms with van der Waals surface area (Å²) in [6.45, 7) is 4.83. The van der Waals surface area contributed by atoms with E-state index in [1.165, 1.54) is 0 Å². The Morgan fingerprint density at radius 1 is 1.13 bits per heavy atom. The van der Waals surface area contributed by atoms with E-state index in [4.69, 9.17) is 0 Å². The summed E-state index contributed by atoms with van der Waals surface area (Å²) in [5, 5.41) is 3.24. The van der Waals surface area contributed by atoms with Gasteiger partial charge < -0.3 is 24.9 Å². The summed E-state index contributed by atoms with van der Waals surface area (Å²) < 4.78 is 0. The average molecular weight is 416 g/mol. The highest BCUT2D eigenvalue weighted by molar-refractivity contribution is 5.97. The minimum atomic E-state index is -0.144. The molecule has 8 nitrogen and oxygen atoms in total. The Labute approximate surface area is 178 Å². The Hall–Kier alpha value is -2.61. The minimum absolute atomic E-state index is 0.0223. The standard InChI is InChI=1S/C22H33N5O3/c1-24(2)19-7-3-6-18(16-19)22(30)27(13-5-12-25-11-4-8-20(25)28)17-21(29)26-14-9-23-10-15-26/h3,6-7,16,23H,4-5,8-15,17H2,1-2H3. The molecule has 164 valence electrons. The van der Waals surface area contributed by atoms with Crippen LogP contribution in [0, 0.1) is 0 Å². The molecule has 3 rings (SSSR count). The van der Waals surface area contributed by atoms with Crippen LogP contribution in [0.25, 0.3) is 0 Å². The summed E-state index contributed by atoms with van der Waals surface area (Å²) in [5.74, 6) is 0.0178. The van der Waals surface area contributed by atoms with E-state index in [9.17, 15) is 14.4 Å². The second-order valence-electron chi connectivity index (χ2n) is 8.14. The number of likely N-dealkylation sites (tertiary alicyclic amines) is 1. The number of amides is 3. The third kappa shape index (κ3) is 5.72. The van der Waals surface area contributed by atoms with Crippen molar-refractivity contribution in [3.05, 3.63) is 29.8 Å². The number of hydrogen-bond donors (Lipinski definition) is 1. The van der Waals surface area contributed by atoms with Gasteiger partial charge in [-0.3, -0.25) is 14.4 Å². The Bertz CT molecular complexity index is 761. The van der Waals surface area contributed by atoms with Crippen LogP contribution in [0.2, 0.25) is 0 Å². The van der Waals surface area contributed by atoms with E-state index in [0.29, 0.717) is 44.6 Å². The van der Waals surface area contributed by atoms with Crippen molar-refractivity contribution < 1.29 is 14.4 Å². The van der Waals surface area contributed by atoms with E-state index in [1.54, 1.807) is 11.0 Å². The lowest BCUT2D eigenvalue weighted by Gasteiger charge is -2.31. The number of nitrogens with zero attached hydrogens (tertiary/aromatic N) is 4. The van der Waals surface area contributed by atoms with Gasteiger partial charge in [-0.2, -0.15) is 0 Å². The zero-order valence-electron chi connectivity index (χ0n) is 18.1. The molecule has 2 aliphatic heterocycles. The molecule has 0 unspecified atom stereocenters. The Morgan fingerprint density at radius 2 is 1.90 bits per heavy atom. The third-order valence-corrected chi connectivity index (χ3v) is 5.72. The van der Waals surface area contributed by atoms with Gasteiger partial charge in [0.05, 0.1) is 0 Å². The number of anilines is 1. The maximum Gasteiger partial charge on any atom is 0.254 e. The van der Waals surface area contributed by atoms with Gasteiger partial charge in [0, 0.05) is 77.6 Å². The van der Waals surface area contributed by atoms with Gasteiger partial charge in [-0.25, -0.2) is 0 Å². The molecule has 0 spiro atoms. The first-order chi connectivity index (χ1) is 14.5. The fraction of sp³-hybridized carbons (Fsp3) is 0.591. The third-order valence-electron chi connectivity index (χ3n) is 5.72. The molecule has 1 N–H and O–H groups in total. The predicted molar refractivity (Wildman–Crippen MR) is 117 cm³/mol. The fourth-order valence-corrected chi connectivity index (χ4v) is 3.92. The summed E-state index contributed by atoms with van der Waals surface area (Å²) in [7, 11) is 3.87. The summed E-state index contributed by atoms with van der Waals surface area (Å²) >= 11 is 0. The van der Waals surface area contributed by atoms with E-state index < -0.39 is 0 Å². The van der Waals surface area contributed by atoms with Crippen molar-refractivity contribution in [2.45, 2.75) is 19.3 Å². The van der Waals surface area contributed by atoms with Crippen LogP contribution in [0.5, 0.6) is 0 Å². The summed E-state index contributed by atoms with van der Waals surface area (Å²) in [6, 6.07) is 7.46. The largest absolute Gasteiger partial charge is 0.378 e. The maximum atomic E-state index is 13.3. The van der Waals surface area contributed by atoms with Crippen LogP contribution >= 0.6 is 0 Å². The molecule has 0 saturated carbocycles. The number of piperazine rings is 1. The highest BCUT2D eigenvalue weighted by atomic mass is 16.2. The minimum Gasteiger partial charge on any atom is -0.378 e. The van der Waals surface area contributed by atoms with Crippen LogP contribution in [0.1, 0.15) is 29.6 Å². The summed E-state index contributed by atoms with van der Waals surface area (Å²) in [6.07, 6.45) is 2.18. The van der Waals surface area contributed by atoms with Crippen molar-refractivity contribution in [2.24, 2.45) is 0 Å². The van der Waals surface area contributed by atoms with Crippen molar-refractivity contribution in [3.8, 4) is 0 Å². The van der Waals surface area contributed by atoms with Crippen molar-refractivity contribution in [3.63, 3.8) is 0 Å². The van der Waals surface area contributed by atoms with Gasteiger partial charge in [-0.05, 0) is 31.0 Å². The molecule has 0 aromatic heterocycles. The number of carbonyl (C=O) groups excluding carboxylic acids is 3. The molecule has 2 heterocycles. The monoisotopic (exact) mass is 415 g/mol. The molecule has 0 radical (unpaired) electrons. The average Bonchev–Trinajstić information content (AvgIpc) is 3.17. The number of carbonyl (C=O) groups is 3. The molecule has 0 bridgehead atoms. The van der Waals surface area contributed by atoms with E-state index in [-0.39, 0.29) is 24.3 Å². The van der Waals surface area contributed by atoms with Crippen LogP contribution in [-0.2, 0) is 9.59 Å². The number of benzene rings is 1. The Kier molecular flexibility index (Phi) is 7.68. The van der Waals surface area contributed by atoms with E-state index in [0.717, 1.165) is 31.7 Å². The molecule has 30 heavy (non-hydrogen) atoms. The first-order valence-corrected chi connectivity index (χ1v) is 10.8. The second kappa shape index (κ2) is 10.4. The first kappa shape index (κ1) is 22.1. The Balaban J connectivity index is 1.68. The SMILES string of the molecule is CN(C)c1cccc(C(=O)N(CCCN2CCCC2=O)CC(=O)N2CCNCC2)c1. The molecule has 1 aromatic carbocycles. The molecule has 2 saturated heterocycles. The van der Waals surface area contributed by atoms with Gasteiger partial charge in [-0.15, -0.1) is 0 Å². The highest BCUT2D eigenvalue weighted by Crippen LogP contribution is 2.16. The molecule has 1 aromatic rings. The molecule has 0 atom stereocenters. The smallest absolute Gasteiger partial charge is 0.254 e. The predicted octanol–water partition coefficient (Wildman–Crippen LogP) is 0.639. The Morgan fingerprint density at radius 3 is 2.57 bits per heavy atom. The van der Waals surface area contributed by atoms with Gasteiger partial charge in [0.25, 0.3) is 5.91 Å². The number of hydrogen-bond acceptors (Lipinski definition) is 5. The maximum absolute atomic E-state index is 13.3. The van der Waals surface area contributed by atoms with Crippen LogP contribution < -0.4 is 10.2 Å². The van der Waals surface area contributed by atoms with Crippen molar-refractivity contribution in [2.75, 3.05) is 71.4 Å². The zero-order chi connectivity index (χ0) is 21.5. The molecule has 3 amide bonds. The summed E-state index contributed by atoms with van der Waals surface area (Å²) in [5.41, 5.74) is 1.52. The van der Waals surface area contributed by atoms with Crippen molar-refractivity contribution >= 4 is 23.4 Å². The van der Waals surface area contributed by atoms with Gasteiger partial charge in [-0.1, -0.05) is 6.07 Å². The van der Waals surface area contributed by atoms with Crippen LogP contribution in [0.3, 0.4) is 0 Å². The van der Waals surface area contributed by atoms with Gasteiger partial charge >= 0.3 is 0 Å². The lowest BCUT2D eigenvalue weighted by atomic mass is 10.1. The molecular formula is C22H33N5O3. The lowest BCUT2D eigenvalue weighted by molar-refractivity contribution is -0.132. The van der Waals surface area contributed by atoms with Crippen molar-refractivity contribution in [1.29, 1.82) is 0 Å². The zero-order valence-corrected chi connectivity index (χ0v) is 18.1. The first-order valence-electron chi connectivity index (χ1n) is 10.8. The molecular weight excluding hydrogens is 382 g/mol. The van der Waals surface area contributed by atoms with E-state index in [1.807, 2.05) is 47.0 Å². The normalized spacial score (nSPS) is 16.7. The lowest BCUT2D eigenvalue weighted by Crippen LogP contribution is -2.50. The topological polar surface area (TPSA) is 76.2 Å². The molecule has 0 aliphatic carbocycles. The second-order valence-corrected chi connectivity index (χ2v) is 8.14. The van der Waals surface area contributed by atoms with Crippen LogP contribution in [-0.4, -0.2) is 98.9 Å². The van der Waals surface area contributed by atoms with Crippen LogP contribution in [0.15, 0.2) is 24.3 Å². The molecule has 2 fully saturated rings. The molecule has 2 aliphatic rings. The van der Waals surface area contributed by atoms with Gasteiger partial charge in [0.15, 0.2) is 0 Å². The van der Waals surface area contributed by atoms with Gasteiger partial charge in [0.1, 0.15) is 6.54 Å². The van der Waals surface area contributed by atoms with Crippen LogP contribution in [0.4, 0.5) is 5.69 Å². The quantitative estimate of drug-likeness (QED) is 0.674. The van der Waals surface area contributed by atoms with Gasteiger partial charge in [0.2, 0.25) is 11.8 Å². The summed E-state index contributed by atoms with van der Waals surface area (Å²) in [4.78, 5) is 45.2. The van der Waals surface area contributed by atoms with Crippen molar-refractivity contribution in [1.82, 2.24) is 20.0 Å². The van der Waals surface area contributed by atoms with E-state index >= 15 is 0 Å². The highest BCUT2D eigenvalue weighted by Gasteiger charge is 2.25. The molecule has 8 heteroatoms. The fourth-order valence-electron chi connectivity index (χ4n) is 3.92.